The molecule has 0 aliphatic rings. The van der Waals surface area contributed by atoms with Crippen LogP contribution >= 0.6 is 0 Å². The minimum absolute atomic E-state index is 0.106. The van der Waals surface area contributed by atoms with Crippen molar-refractivity contribution in [2.75, 3.05) is 6.61 Å². The Labute approximate surface area is 118 Å². The second kappa shape index (κ2) is 6.68. The molecule has 0 radical (unpaired) electrons. The van der Waals surface area contributed by atoms with E-state index in [0.29, 0.717) is 0 Å². The summed E-state index contributed by atoms with van der Waals surface area (Å²) in [6.45, 7) is 11.6. The summed E-state index contributed by atoms with van der Waals surface area (Å²) in [6, 6.07) is 10.4. The van der Waals surface area contributed by atoms with E-state index in [2.05, 4.69) is 58.1 Å². The second-order valence-corrected chi connectivity index (χ2v) is 11.4. The van der Waals surface area contributed by atoms with Gasteiger partial charge in [-0.2, -0.15) is 0 Å². The van der Waals surface area contributed by atoms with Crippen molar-refractivity contribution in [1.82, 2.24) is 0 Å². The lowest BCUT2D eigenvalue weighted by atomic mass is 10.1. The Morgan fingerprint density at radius 1 is 1.16 bits per heavy atom. The molecule has 108 valence electrons. The van der Waals surface area contributed by atoms with Crippen LogP contribution in [0.3, 0.4) is 0 Å². The van der Waals surface area contributed by atoms with Crippen LogP contribution in [-0.4, -0.2) is 20.0 Å². The van der Waals surface area contributed by atoms with Crippen LogP contribution in [0.15, 0.2) is 30.3 Å². The van der Waals surface area contributed by atoms with Crippen molar-refractivity contribution in [2.45, 2.75) is 57.8 Å². The molecule has 0 aliphatic carbocycles. The molecule has 1 atom stereocenters. The Bertz CT molecular complexity index is 368. The van der Waals surface area contributed by atoms with Gasteiger partial charge in [-0.25, -0.2) is 0 Å². The zero-order chi connectivity index (χ0) is 14.5. The van der Waals surface area contributed by atoms with Gasteiger partial charge in [0.05, 0.1) is 6.10 Å². The van der Waals surface area contributed by atoms with Gasteiger partial charge in [0, 0.05) is 6.61 Å². The molecule has 0 aromatic heterocycles. The Morgan fingerprint density at radius 2 is 1.74 bits per heavy atom. The molecule has 1 aromatic rings. The van der Waals surface area contributed by atoms with Gasteiger partial charge < -0.3 is 9.53 Å². The van der Waals surface area contributed by atoms with Gasteiger partial charge in [0.15, 0.2) is 8.32 Å². The van der Waals surface area contributed by atoms with Gasteiger partial charge in [-0.05, 0) is 36.5 Å². The highest BCUT2D eigenvalue weighted by Gasteiger charge is 2.39. The van der Waals surface area contributed by atoms with Gasteiger partial charge >= 0.3 is 0 Å². The summed E-state index contributed by atoms with van der Waals surface area (Å²) in [5, 5.41) is 9.28. The number of hydrogen-bond donors (Lipinski definition) is 1. The van der Waals surface area contributed by atoms with Crippen LogP contribution in [-0.2, 0) is 4.43 Å². The number of benzene rings is 1. The Kier molecular flexibility index (Phi) is 5.77. The number of hydrogen-bond acceptors (Lipinski definition) is 2. The Hall–Kier alpha value is -0.643. The molecular weight excluding hydrogens is 252 g/mol. The summed E-state index contributed by atoms with van der Waals surface area (Å²) >= 11 is 0. The van der Waals surface area contributed by atoms with Gasteiger partial charge in [0.2, 0.25) is 0 Å². The average molecular weight is 280 g/mol. The fourth-order valence-electron chi connectivity index (χ4n) is 1.77. The van der Waals surface area contributed by atoms with E-state index < -0.39 is 8.32 Å². The zero-order valence-electron chi connectivity index (χ0n) is 12.9. The second-order valence-electron chi connectivity index (χ2n) is 6.64. The molecule has 19 heavy (non-hydrogen) atoms. The highest BCUT2D eigenvalue weighted by Crippen LogP contribution is 2.40. The molecule has 0 aliphatic heterocycles. The van der Waals surface area contributed by atoms with Crippen LogP contribution in [0.1, 0.15) is 45.3 Å². The molecule has 0 saturated carbocycles. The van der Waals surface area contributed by atoms with E-state index in [1.807, 2.05) is 6.07 Å². The maximum Gasteiger partial charge on any atom is 0.192 e. The maximum atomic E-state index is 9.08. The van der Waals surface area contributed by atoms with Crippen LogP contribution in [0.5, 0.6) is 0 Å². The minimum atomic E-state index is -1.78. The summed E-state index contributed by atoms with van der Waals surface area (Å²) in [5.41, 5.74) is 1.22. The van der Waals surface area contributed by atoms with E-state index in [1.165, 1.54) is 5.56 Å². The Balaban J connectivity index is 2.87. The van der Waals surface area contributed by atoms with E-state index in [1.54, 1.807) is 0 Å². The topological polar surface area (TPSA) is 29.5 Å². The number of rotatable bonds is 6. The maximum absolute atomic E-state index is 9.08. The predicted molar refractivity (Wildman–Crippen MR) is 83.8 cm³/mol. The third-order valence-electron chi connectivity index (χ3n) is 4.04. The average Bonchev–Trinajstić information content (AvgIpc) is 2.34. The molecule has 0 bridgehead atoms. The lowest BCUT2D eigenvalue weighted by Crippen LogP contribution is -2.41. The smallest absolute Gasteiger partial charge is 0.192 e. The third kappa shape index (κ3) is 4.75. The molecule has 1 unspecified atom stereocenters. The van der Waals surface area contributed by atoms with Crippen molar-refractivity contribution in [3.05, 3.63) is 35.9 Å². The quantitative estimate of drug-likeness (QED) is 0.776. The van der Waals surface area contributed by atoms with Crippen LogP contribution in [0.2, 0.25) is 18.1 Å². The lowest BCUT2D eigenvalue weighted by Gasteiger charge is -2.39. The van der Waals surface area contributed by atoms with Crippen molar-refractivity contribution in [3.8, 4) is 0 Å². The number of aliphatic hydroxyl groups excluding tert-OH is 1. The first-order valence-corrected chi connectivity index (χ1v) is 10.0. The molecular formula is C16H28O2Si. The molecule has 2 nitrogen and oxygen atoms in total. The van der Waals surface area contributed by atoms with Crippen LogP contribution < -0.4 is 0 Å². The van der Waals surface area contributed by atoms with Crippen LogP contribution in [0, 0.1) is 0 Å². The first kappa shape index (κ1) is 16.4. The Morgan fingerprint density at radius 3 is 2.21 bits per heavy atom. The molecule has 1 aromatic carbocycles. The standard InChI is InChI=1S/C16H28O2Si/c1-16(2,3)19(4,5)18-15(12-9-13-17)14-10-7-6-8-11-14/h6-8,10-11,15,17H,9,12-13H2,1-5H3. The van der Waals surface area contributed by atoms with Crippen molar-refractivity contribution >= 4 is 8.32 Å². The van der Waals surface area contributed by atoms with Crippen molar-refractivity contribution in [2.24, 2.45) is 0 Å². The van der Waals surface area contributed by atoms with Gasteiger partial charge in [-0.15, -0.1) is 0 Å². The van der Waals surface area contributed by atoms with Crippen LogP contribution in [0.25, 0.3) is 0 Å². The highest BCUT2D eigenvalue weighted by molar-refractivity contribution is 6.74. The zero-order valence-corrected chi connectivity index (χ0v) is 13.9. The van der Waals surface area contributed by atoms with Gasteiger partial charge in [-0.1, -0.05) is 51.1 Å². The highest BCUT2D eigenvalue weighted by atomic mass is 28.4. The summed E-state index contributed by atoms with van der Waals surface area (Å²) in [7, 11) is -1.78. The van der Waals surface area contributed by atoms with E-state index in [4.69, 9.17) is 9.53 Å². The minimum Gasteiger partial charge on any atom is -0.410 e. The molecule has 0 heterocycles. The summed E-state index contributed by atoms with van der Waals surface area (Å²) in [5.74, 6) is 0. The molecule has 3 heteroatoms. The molecule has 1 N–H and O–H groups in total. The van der Waals surface area contributed by atoms with Gasteiger partial charge in [0.1, 0.15) is 0 Å². The first-order chi connectivity index (χ1) is 8.78. The fraction of sp³-hybridized carbons (Fsp3) is 0.625. The number of aliphatic hydroxyl groups is 1. The van der Waals surface area contributed by atoms with E-state index in [9.17, 15) is 0 Å². The van der Waals surface area contributed by atoms with E-state index in [-0.39, 0.29) is 17.7 Å². The lowest BCUT2D eigenvalue weighted by molar-refractivity contribution is 0.158. The summed E-state index contributed by atoms with van der Waals surface area (Å²) < 4.78 is 6.52. The van der Waals surface area contributed by atoms with E-state index in [0.717, 1.165) is 12.8 Å². The van der Waals surface area contributed by atoms with Crippen molar-refractivity contribution in [1.29, 1.82) is 0 Å². The SMILES string of the molecule is CC(C)(C)[Si](C)(C)OC(CCCO)c1ccccc1. The normalized spacial score (nSPS) is 14.4. The molecule has 1 rings (SSSR count). The first-order valence-electron chi connectivity index (χ1n) is 7.11. The van der Waals surface area contributed by atoms with E-state index >= 15 is 0 Å². The molecule has 0 spiro atoms. The van der Waals surface area contributed by atoms with Gasteiger partial charge in [-0.3, -0.25) is 0 Å². The summed E-state index contributed by atoms with van der Waals surface area (Å²) in [4.78, 5) is 0. The van der Waals surface area contributed by atoms with Crippen LogP contribution in [0.4, 0.5) is 0 Å². The molecule has 0 saturated heterocycles. The largest absolute Gasteiger partial charge is 0.410 e. The molecule has 0 fully saturated rings. The molecule has 0 amide bonds. The fourth-order valence-corrected chi connectivity index (χ4v) is 3.09. The predicted octanol–water partition coefficient (Wildman–Crippen LogP) is 4.52. The van der Waals surface area contributed by atoms with Gasteiger partial charge in [0.25, 0.3) is 0 Å². The monoisotopic (exact) mass is 280 g/mol. The van der Waals surface area contributed by atoms with Crippen molar-refractivity contribution in [3.63, 3.8) is 0 Å². The summed E-state index contributed by atoms with van der Waals surface area (Å²) in [6.07, 6.45) is 1.77. The van der Waals surface area contributed by atoms with Crippen molar-refractivity contribution < 1.29 is 9.53 Å². The third-order valence-corrected chi connectivity index (χ3v) is 8.53.